The van der Waals surface area contributed by atoms with E-state index in [0.29, 0.717) is 11.5 Å². The number of amides is 1. The van der Waals surface area contributed by atoms with E-state index in [1.807, 2.05) is 0 Å². The Balaban J connectivity index is 2.10. The van der Waals surface area contributed by atoms with Gasteiger partial charge in [-0.25, -0.2) is 0 Å². The number of non-ortho nitro benzene ring substituents is 1. The van der Waals surface area contributed by atoms with Crippen LogP contribution in [0.25, 0.3) is 0 Å². The summed E-state index contributed by atoms with van der Waals surface area (Å²) < 4.78 is 0. The van der Waals surface area contributed by atoms with Gasteiger partial charge in [-0.2, -0.15) is 0 Å². The van der Waals surface area contributed by atoms with E-state index in [9.17, 15) is 20.0 Å². The van der Waals surface area contributed by atoms with Gasteiger partial charge in [-0.1, -0.05) is 19.8 Å². The topological polar surface area (TPSA) is 92.5 Å². The van der Waals surface area contributed by atoms with Crippen LogP contribution in [-0.2, 0) is 0 Å². The highest BCUT2D eigenvalue weighted by molar-refractivity contribution is 5.94. The van der Waals surface area contributed by atoms with Gasteiger partial charge in [0, 0.05) is 17.7 Å². The Morgan fingerprint density at radius 3 is 2.67 bits per heavy atom. The minimum atomic E-state index is -0.573. The van der Waals surface area contributed by atoms with Crippen LogP contribution < -0.4 is 5.32 Å². The Kier molecular flexibility index (Phi) is 4.57. The summed E-state index contributed by atoms with van der Waals surface area (Å²) in [5.74, 6) is 0.163. The minimum absolute atomic E-state index is 0.0466. The van der Waals surface area contributed by atoms with E-state index in [1.54, 1.807) is 0 Å². The molecule has 1 aliphatic carbocycles. The van der Waals surface area contributed by atoms with Crippen LogP contribution in [0.3, 0.4) is 0 Å². The van der Waals surface area contributed by atoms with Gasteiger partial charge in [-0.3, -0.25) is 14.9 Å². The quantitative estimate of drug-likeness (QED) is 0.657. The summed E-state index contributed by atoms with van der Waals surface area (Å²) in [6.07, 6.45) is 3.59. The van der Waals surface area contributed by atoms with Crippen molar-refractivity contribution >= 4 is 11.6 Å². The minimum Gasteiger partial charge on any atom is -0.394 e. The van der Waals surface area contributed by atoms with Crippen molar-refractivity contribution in [3.05, 3.63) is 39.9 Å². The fraction of sp³-hybridized carbons (Fsp3) is 0.533. The maximum Gasteiger partial charge on any atom is 0.269 e. The molecule has 2 atom stereocenters. The molecule has 2 N–H and O–H groups in total. The average Bonchev–Trinajstić information content (AvgIpc) is 2.47. The zero-order valence-electron chi connectivity index (χ0n) is 12.0. The molecule has 0 saturated heterocycles. The van der Waals surface area contributed by atoms with Crippen LogP contribution in [-0.4, -0.2) is 28.1 Å². The number of nitro benzene ring substituents is 1. The van der Waals surface area contributed by atoms with Crippen molar-refractivity contribution in [1.82, 2.24) is 5.32 Å². The molecule has 2 rings (SSSR count). The standard InChI is InChI=1S/C15H20N2O4/c1-11-3-2-8-15(9-11,10-18)16-14(19)12-4-6-13(7-5-12)17(20)21/h4-7,11,18H,2-3,8-10H2,1H3,(H,16,19). The molecule has 1 saturated carbocycles. The Labute approximate surface area is 123 Å². The predicted octanol–water partition coefficient (Wildman–Crippen LogP) is 2.27. The molecule has 1 aromatic carbocycles. The molecule has 21 heavy (non-hydrogen) atoms. The molecule has 0 aromatic heterocycles. The first-order valence-corrected chi connectivity index (χ1v) is 7.13. The number of carbonyl (C=O) groups excluding carboxylic acids is 1. The third-order valence-electron chi connectivity index (χ3n) is 4.11. The Morgan fingerprint density at radius 2 is 2.14 bits per heavy atom. The predicted molar refractivity (Wildman–Crippen MR) is 78.0 cm³/mol. The Bertz CT molecular complexity index is 529. The Morgan fingerprint density at radius 1 is 1.48 bits per heavy atom. The molecule has 0 bridgehead atoms. The summed E-state index contributed by atoms with van der Waals surface area (Å²) in [6.45, 7) is 2.03. The first-order chi connectivity index (χ1) is 9.96. The van der Waals surface area contributed by atoms with Crippen molar-refractivity contribution in [3.8, 4) is 0 Å². The summed E-state index contributed by atoms with van der Waals surface area (Å²) in [4.78, 5) is 22.4. The highest BCUT2D eigenvalue weighted by atomic mass is 16.6. The van der Waals surface area contributed by atoms with Gasteiger partial charge in [0.05, 0.1) is 17.1 Å². The van der Waals surface area contributed by atoms with Crippen LogP contribution in [0.4, 0.5) is 5.69 Å². The first-order valence-electron chi connectivity index (χ1n) is 7.13. The molecule has 1 amide bonds. The SMILES string of the molecule is CC1CCCC(CO)(NC(=O)c2ccc([N+](=O)[O-])cc2)C1. The van der Waals surface area contributed by atoms with E-state index in [0.717, 1.165) is 25.7 Å². The van der Waals surface area contributed by atoms with Crippen molar-refractivity contribution < 1.29 is 14.8 Å². The monoisotopic (exact) mass is 292 g/mol. The number of hydrogen-bond donors (Lipinski definition) is 2. The normalized spacial score (nSPS) is 25.3. The lowest BCUT2D eigenvalue weighted by Gasteiger charge is -2.39. The number of rotatable bonds is 4. The summed E-state index contributed by atoms with van der Waals surface area (Å²) in [5, 5.41) is 23.2. The molecular formula is C15H20N2O4. The number of aliphatic hydroxyl groups is 1. The number of aliphatic hydroxyl groups excluding tert-OH is 1. The molecule has 114 valence electrons. The van der Waals surface area contributed by atoms with E-state index in [4.69, 9.17) is 0 Å². The van der Waals surface area contributed by atoms with Crippen molar-refractivity contribution in [2.24, 2.45) is 5.92 Å². The molecule has 1 fully saturated rings. The number of hydrogen-bond acceptors (Lipinski definition) is 4. The Hall–Kier alpha value is -1.95. The summed E-state index contributed by atoms with van der Waals surface area (Å²) in [5.41, 5.74) is -0.252. The molecule has 1 aliphatic rings. The number of nitro groups is 1. The smallest absolute Gasteiger partial charge is 0.269 e. The van der Waals surface area contributed by atoms with Gasteiger partial charge in [0.25, 0.3) is 11.6 Å². The van der Waals surface area contributed by atoms with E-state index in [-0.39, 0.29) is 18.2 Å². The van der Waals surface area contributed by atoms with E-state index in [2.05, 4.69) is 12.2 Å². The number of nitrogens with one attached hydrogen (secondary N) is 1. The van der Waals surface area contributed by atoms with Crippen molar-refractivity contribution in [3.63, 3.8) is 0 Å². The van der Waals surface area contributed by atoms with Crippen molar-refractivity contribution in [1.29, 1.82) is 0 Å². The van der Waals surface area contributed by atoms with Crippen LogP contribution in [0.1, 0.15) is 43.0 Å². The largest absolute Gasteiger partial charge is 0.394 e. The zero-order valence-corrected chi connectivity index (χ0v) is 12.0. The summed E-state index contributed by atoms with van der Waals surface area (Å²) in [6, 6.07) is 5.49. The molecular weight excluding hydrogens is 272 g/mol. The van der Waals surface area contributed by atoms with Crippen LogP contribution >= 0.6 is 0 Å². The van der Waals surface area contributed by atoms with Crippen LogP contribution in [0.15, 0.2) is 24.3 Å². The second kappa shape index (κ2) is 6.22. The lowest BCUT2D eigenvalue weighted by Crippen LogP contribution is -2.53. The summed E-state index contributed by atoms with van der Waals surface area (Å²) >= 11 is 0. The average molecular weight is 292 g/mol. The molecule has 6 nitrogen and oxygen atoms in total. The fourth-order valence-electron chi connectivity index (χ4n) is 3.00. The summed E-state index contributed by atoms with van der Waals surface area (Å²) in [7, 11) is 0. The molecule has 6 heteroatoms. The van der Waals surface area contributed by atoms with Gasteiger partial charge in [0.2, 0.25) is 0 Å². The third kappa shape index (κ3) is 3.58. The molecule has 0 spiro atoms. The van der Waals surface area contributed by atoms with Crippen molar-refractivity contribution in [2.45, 2.75) is 38.1 Å². The van der Waals surface area contributed by atoms with E-state index in [1.165, 1.54) is 24.3 Å². The molecule has 0 radical (unpaired) electrons. The maximum absolute atomic E-state index is 12.3. The van der Waals surface area contributed by atoms with Gasteiger partial charge in [-0.15, -0.1) is 0 Å². The second-order valence-corrected chi connectivity index (χ2v) is 5.90. The third-order valence-corrected chi connectivity index (χ3v) is 4.11. The lowest BCUT2D eigenvalue weighted by molar-refractivity contribution is -0.384. The van der Waals surface area contributed by atoms with Crippen LogP contribution in [0.5, 0.6) is 0 Å². The second-order valence-electron chi connectivity index (χ2n) is 5.90. The number of carbonyl (C=O) groups is 1. The number of nitrogens with zero attached hydrogens (tertiary/aromatic N) is 1. The zero-order chi connectivity index (χ0) is 15.5. The highest BCUT2D eigenvalue weighted by Gasteiger charge is 2.35. The molecule has 0 heterocycles. The van der Waals surface area contributed by atoms with Crippen LogP contribution in [0.2, 0.25) is 0 Å². The molecule has 0 aliphatic heterocycles. The fourth-order valence-corrected chi connectivity index (χ4v) is 3.00. The van der Waals surface area contributed by atoms with Gasteiger partial charge < -0.3 is 10.4 Å². The van der Waals surface area contributed by atoms with Gasteiger partial charge >= 0.3 is 0 Å². The lowest BCUT2D eigenvalue weighted by atomic mass is 9.76. The van der Waals surface area contributed by atoms with Gasteiger partial charge in [0.15, 0.2) is 0 Å². The van der Waals surface area contributed by atoms with E-state index >= 15 is 0 Å². The molecule has 1 aromatic rings. The maximum atomic E-state index is 12.3. The van der Waals surface area contributed by atoms with Crippen molar-refractivity contribution in [2.75, 3.05) is 6.61 Å². The van der Waals surface area contributed by atoms with Gasteiger partial charge in [-0.05, 0) is 30.9 Å². The van der Waals surface area contributed by atoms with Gasteiger partial charge in [0.1, 0.15) is 0 Å². The highest BCUT2D eigenvalue weighted by Crippen LogP contribution is 2.32. The van der Waals surface area contributed by atoms with Crippen LogP contribution in [0, 0.1) is 16.0 Å². The molecule has 2 unspecified atom stereocenters. The first kappa shape index (κ1) is 15.4. The van der Waals surface area contributed by atoms with E-state index < -0.39 is 10.5 Å². The number of benzene rings is 1.